The number of benzene rings is 2. The number of halogens is 2. The van der Waals surface area contributed by atoms with Crippen molar-refractivity contribution in [2.45, 2.75) is 26.5 Å². The summed E-state index contributed by atoms with van der Waals surface area (Å²) in [5.74, 6) is 1.39. The van der Waals surface area contributed by atoms with E-state index < -0.39 is 0 Å². The number of ether oxygens (including phenoxy) is 2. The average molecular weight is 487 g/mol. The minimum atomic E-state index is -0.366. The standard InChI is InChI=1S/C20H26FN3O2.HI/c1-14-9-10-16(11-19(14)25-4)13-24-20(22-3)23-12-15(2)26-18-8-6-5-7-17(18)21;/h5-11,15H,12-13H2,1-4H3,(H2,22,23,24);1H. The number of guanidine groups is 1. The van der Waals surface area contributed by atoms with Gasteiger partial charge in [-0.1, -0.05) is 24.3 Å². The lowest BCUT2D eigenvalue weighted by molar-refractivity contribution is 0.214. The van der Waals surface area contributed by atoms with Crippen molar-refractivity contribution in [2.24, 2.45) is 4.99 Å². The molecule has 0 aliphatic carbocycles. The molecule has 1 unspecified atom stereocenters. The van der Waals surface area contributed by atoms with Crippen LogP contribution in [0.4, 0.5) is 4.39 Å². The molecule has 0 saturated carbocycles. The highest BCUT2D eigenvalue weighted by molar-refractivity contribution is 14.0. The average Bonchev–Trinajstić information content (AvgIpc) is 2.65. The van der Waals surface area contributed by atoms with Gasteiger partial charge in [0, 0.05) is 13.6 Å². The lowest BCUT2D eigenvalue weighted by Gasteiger charge is -2.18. The molecule has 0 aromatic heterocycles. The van der Waals surface area contributed by atoms with Gasteiger partial charge in [-0.3, -0.25) is 4.99 Å². The van der Waals surface area contributed by atoms with E-state index in [4.69, 9.17) is 9.47 Å². The number of nitrogens with zero attached hydrogens (tertiary/aromatic N) is 1. The van der Waals surface area contributed by atoms with Crippen molar-refractivity contribution >= 4 is 29.9 Å². The lowest BCUT2D eigenvalue weighted by atomic mass is 10.1. The van der Waals surface area contributed by atoms with Crippen molar-refractivity contribution in [3.8, 4) is 11.5 Å². The molecule has 0 spiro atoms. The Kier molecular flexibility index (Phi) is 9.92. The Balaban J connectivity index is 0.00000364. The van der Waals surface area contributed by atoms with E-state index in [1.165, 1.54) is 6.07 Å². The Morgan fingerprint density at radius 2 is 1.89 bits per heavy atom. The predicted octanol–water partition coefficient (Wildman–Crippen LogP) is 3.89. The molecule has 0 aliphatic heterocycles. The first-order valence-electron chi connectivity index (χ1n) is 8.52. The van der Waals surface area contributed by atoms with Gasteiger partial charge >= 0.3 is 0 Å². The minimum absolute atomic E-state index is 0. The zero-order valence-electron chi connectivity index (χ0n) is 16.1. The summed E-state index contributed by atoms with van der Waals surface area (Å²) >= 11 is 0. The van der Waals surface area contributed by atoms with E-state index in [1.807, 2.05) is 32.0 Å². The van der Waals surface area contributed by atoms with Gasteiger partial charge in [-0.15, -0.1) is 24.0 Å². The monoisotopic (exact) mass is 487 g/mol. The second kappa shape index (κ2) is 11.6. The Hall–Kier alpha value is -2.03. The molecule has 5 nitrogen and oxygen atoms in total. The van der Waals surface area contributed by atoms with Crippen molar-refractivity contribution in [3.63, 3.8) is 0 Å². The third kappa shape index (κ3) is 7.24. The molecule has 0 heterocycles. The first kappa shape index (κ1) is 23.0. The Morgan fingerprint density at radius 1 is 1.15 bits per heavy atom. The summed E-state index contributed by atoms with van der Waals surface area (Å²) in [6.45, 7) is 4.98. The molecule has 7 heteroatoms. The normalized spacial score (nSPS) is 12.0. The number of aliphatic imine (C=N–C) groups is 1. The molecule has 27 heavy (non-hydrogen) atoms. The number of rotatable bonds is 7. The van der Waals surface area contributed by atoms with Crippen LogP contribution in [-0.2, 0) is 6.54 Å². The number of hydrogen-bond acceptors (Lipinski definition) is 3. The van der Waals surface area contributed by atoms with E-state index in [0.29, 0.717) is 19.0 Å². The maximum atomic E-state index is 13.6. The Labute approximate surface area is 177 Å². The van der Waals surface area contributed by atoms with Crippen LogP contribution in [0.3, 0.4) is 0 Å². The molecular formula is C20H27FIN3O2. The van der Waals surface area contributed by atoms with Gasteiger partial charge in [0.1, 0.15) is 11.9 Å². The summed E-state index contributed by atoms with van der Waals surface area (Å²) < 4.78 is 24.6. The number of nitrogens with one attached hydrogen (secondary N) is 2. The third-order valence-electron chi connectivity index (χ3n) is 3.88. The minimum Gasteiger partial charge on any atom is -0.496 e. The highest BCUT2D eigenvalue weighted by Crippen LogP contribution is 2.19. The van der Waals surface area contributed by atoms with Gasteiger partial charge in [0.25, 0.3) is 0 Å². The fourth-order valence-electron chi connectivity index (χ4n) is 2.42. The molecule has 0 aliphatic rings. The number of aryl methyl sites for hydroxylation is 1. The summed E-state index contributed by atoms with van der Waals surface area (Å²) in [5, 5.41) is 6.42. The zero-order chi connectivity index (χ0) is 18.9. The Bertz CT molecular complexity index is 756. The van der Waals surface area contributed by atoms with Crippen molar-refractivity contribution < 1.29 is 13.9 Å². The van der Waals surface area contributed by atoms with E-state index in [0.717, 1.165) is 16.9 Å². The van der Waals surface area contributed by atoms with E-state index in [2.05, 4.69) is 15.6 Å². The molecule has 0 saturated heterocycles. The third-order valence-corrected chi connectivity index (χ3v) is 3.88. The van der Waals surface area contributed by atoms with Crippen LogP contribution in [-0.4, -0.2) is 32.8 Å². The van der Waals surface area contributed by atoms with E-state index in [1.54, 1.807) is 32.4 Å². The first-order valence-corrected chi connectivity index (χ1v) is 8.52. The van der Waals surface area contributed by atoms with Crippen LogP contribution >= 0.6 is 24.0 Å². The molecular weight excluding hydrogens is 460 g/mol. The van der Waals surface area contributed by atoms with Crippen LogP contribution in [0.15, 0.2) is 47.5 Å². The number of hydrogen-bond donors (Lipinski definition) is 2. The van der Waals surface area contributed by atoms with Gasteiger partial charge in [-0.2, -0.15) is 0 Å². The summed E-state index contributed by atoms with van der Waals surface area (Å²) in [5.41, 5.74) is 2.18. The Morgan fingerprint density at radius 3 is 2.56 bits per heavy atom. The van der Waals surface area contributed by atoms with Crippen LogP contribution in [0.25, 0.3) is 0 Å². The van der Waals surface area contributed by atoms with Crippen molar-refractivity contribution in [3.05, 3.63) is 59.4 Å². The van der Waals surface area contributed by atoms with Crippen molar-refractivity contribution in [2.75, 3.05) is 20.7 Å². The van der Waals surface area contributed by atoms with Crippen molar-refractivity contribution in [1.82, 2.24) is 10.6 Å². The van der Waals surface area contributed by atoms with Crippen molar-refractivity contribution in [1.29, 1.82) is 0 Å². The maximum Gasteiger partial charge on any atom is 0.191 e. The van der Waals surface area contributed by atoms with Crippen LogP contribution in [0.5, 0.6) is 11.5 Å². The molecule has 2 aromatic rings. The lowest BCUT2D eigenvalue weighted by Crippen LogP contribution is -2.41. The predicted molar refractivity (Wildman–Crippen MR) is 118 cm³/mol. The zero-order valence-corrected chi connectivity index (χ0v) is 18.4. The highest BCUT2D eigenvalue weighted by atomic mass is 127. The second-order valence-electron chi connectivity index (χ2n) is 5.97. The van der Waals surface area contributed by atoms with Gasteiger partial charge in [-0.05, 0) is 43.2 Å². The second-order valence-corrected chi connectivity index (χ2v) is 5.97. The molecule has 2 rings (SSSR count). The number of para-hydroxylation sites is 1. The first-order chi connectivity index (χ1) is 12.5. The van der Waals surface area contributed by atoms with Gasteiger partial charge in [0.15, 0.2) is 17.5 Å². The van der Waals surface area contributed by atoms with E-state index in [9.17, 15) is 4.39 Å². The largest absolute Gasteiger partial charge is 0.496 e. The van der Waals surface area contributed by atoms with E-state index in [-0.39, 0.29) is 41.6 Å². The molecule has 1 atom stereocenters. The summed E-state index contributed by atoms with van der Waals surface area (Å²) in [6.07, 6.45) is -0.218. The summed E-state index contributed by atoms with van der Waals surface area (Å²) in [6, 6.07) is 12.4. The molecule has 0 radical (unpaired) electrons. The molecule has 148 valence electrons. The highest BCUT2D eigenvalue weighted by Gasteiger charge is 2.09. The SMILES string of the molecule is CN=C(NCc1ccc(C)c(OC)c1)NCC(C)Oc1ccccc1F.I. The van der Waals surface area contributed by atoms with Crippen LogP contribution in [0.2, 0.25) is 0 Å². The molecule has 2 aromatic carbocycles. The smallest absolute Gasteiger partial charge is 0.191 e. The fourth-order valence-corrected chi connectivity index (χ4v) is 2.42. The van der Waals surface area contributed by atoms with Gasteiger partial charge in [-0.25, -0.2) is 4.39 Å². The van der Waals surface area contributed by atoms with Gasteiger partial charge in [0.05, 0.1) is 13.7 Å². The topological polar surface area (TPSA) is 54.9 Å². The van der Waals surface area contributed by atoms with Crippen LogP contribution in [0, 0.1) is 12.7 Å². The van der Waals surface area contributed by atoms with Gasteiger partial charge in [0.2, 0.25) is 0 Å². The van der Waals surface area contributed by atoms with Gasteiger partial charge < -0.3 is 20.1 Å². The number of methoxy groups -OCH3 is 1. The summed E-state index contributed by atoms with van der Waals surface area (Å²) in [4.78, 5) is 4.19. The molecule has 0 bridgehead atoms. The van der Waals surface area contributed by atoms with E-state index >= 15 is 0 Å². The molecule has 2 N–H and O–H groups in total. The quantitative estimate of drug-likeness (QED) is 0.354. The summed E-state index contributed by atoms with van der Waals surface area (Å²) in [7, 11) is 3.37. The molecule has 0 amide bonds. The molecule has 0 fully saturated rings. The van der Waals surface area contributed by atoms with Crippen LogP contribution < -0.4 is 20.1 Å². The maximum absolute atomic E-state index is 13.6. The fraction of sp³-hybridized carbons (Fsp3) is 0.350. The van der Waals surface area contributed by atoms with Crippen LogP contribution in [0.1, 0.15) is 18.1 Å².